The number of nitrogens with one attached hydrogen (secondary N) is 1. The Bertz CT molecular complexity index is 903. The fourth-order valence-electron chi connectivity index (χ4n) is 3.69. The number of hydrogen-bond donors (Lipinski definition) is 2. The molecule has 0 bridgehead atoms. The van der Waals surface area contributed by atoms with E-state index in [-0.39, 0.29) is 11.7 Å². The predicted octanol–water partition coefficient (Wildman–Crippen LogP) is 3.21. The van der Waals surface area contributed by atoms with Crippen molar-refractivity contribution in [1.29, 1.82) is 0 Å². The van der Waals surface area contributed by atoms with Gasteiger partial charge in [0, 0.05) is 42.4 Å². The number of H-pyrrole nitrogens is 1. The van der Waals surface area contributed by atoms with Gasteiger partial charge < -0.3 is 10.1 Å². The van der Waals surface area contributed by atoms with Crippen molar-refractivity contribution >= 4 is 16.9 Å². The molecule has 1 aliphatic heterocycles. The summed E-state index contributed by atoms with van der Waals surface area (Å²) < 4.78 is 1.81. The molecular formula is C19H22N4O2. The van der Waals surface area contributed by atoms with Crippen molar-refractivity contribution in [2.75, 3.05) is 13.1 Å². The average molecular weight is 338 g/mol. The molecule has 2 aromatic heterocycles. The summed E-state index contributed by atoms with van der Waals surface area (Å²) in [5.74, 6) is -0.967. The summed E-state index contributed by atoms with van der Waals surface area (Å²) in [7, 11) is 0. The lowest BCUT2D eigenvalue weighted by Crippen LogP contribution is -2.34. The molecule has 6 heteroatoms. The molecule has 1 aliphatic rings. The van der Waals surface area contributed by atoms with Crippen LogP contribution in [-0.4, -0.2) is 43.8 Å². The molecule has 2 N–H and O–H groups in total. The number of likely N-dealkylation sites (tertiary alicyclic amines) is 1. The van der Waals surface area contributed by atoms with E-state index in [2.05, 4.69) is 46.2 Å². The summed E-state index contributed by atoms with van der Waals surface area (Å²) in [6.07, 6.45) is 3.75. The Hall–Kier alpha value is -2.60. The van der Waals surface area contributed by atoms with Crippen molar-refractivity contribution in [3.8, 4) is 0 Å². The zero-order valence-corrected chi connectivity index (χ0v) is 14.3. The molecule has 0 spiro atoms. The van der Waals surface area contributed by atoms with Gasteiger partial charge in [-0.2, -0.15) is 5.10 Å². The normalized spacial score (nSPS) is 16.5. The number of piperidine rings is 1. The second kappa shape index (κ2) is 6.37. The van der Waals surface area contributed by atoms with Crippen LogP contribution >= 0.6 is 0 Å². The number of benzene rings is 1. The zero-order chi connectivity index (χ0) is 17.4. The first-order valence-corrected chi connectivity index (χ1v) is 8.68. The molecule has 0 aliphatic carbocycles. The van der Waals surface area contributed by atoms with Crippen LogP contribution in [0.3, 0.4) is 0 Å². The third-order valence-electron chi connectivity index (χ3n) is 5.09. The lowest BCUT2D eigenvalue weighted by Gasteiger charge is -2.31. The molecule has 25 heavy (non-hydrogen) atoms. The molecule has 3 aromatic rings. The molecule has 1 saturated heterocycles. The summed E-state index contributed by atoms with van der Waals surface area (Å²) >= 11 is 0. The average Bonchev–Trinajstić information content (AvgIpc) is 3.23. The van der Waals surface area contributed by atoms with Gasteiger partial charge in [-0.15, -0.1) is 0 Å². The standard InChI is InChI=1S/C19H22N4O2/c1-13-3-2-4-17-16(13)11-14(20-17)12-22-8-5-15(6-9-22)23-10-7-18(21-23)19(24)25/h2-4,7,10-11,15,20H,5-6,8-9,12H2,1H3,(H,24,25). The number of aryl methyl sites for hydroxylation is 1. The minimum Gasteiger partial charge on any atom is -0.476 e. The van der Waals surface area contributed by atoms with E-state index in [0.29, 0.717) is 0 Å². The van der Waals surface area contributed by atoms with Gasteiger partial charge in [-0.25, -0.2) is 4.79 Å². The van der Waals surface area contributed by atoms with Gasteiger partial charge in [0.15, 0.2) is 5.69 Å². The Morgan fingerprint density at radius 1 is 1.32 bits per heavy atom. The van der Waals surface area contributed by atoms with Gasteiger partial charge in [-0.3, -0.25) is 9.58 Å². The van der Waals surface area contributed by atoms with Gasteiger partial charge in [-0.05, 0) is 43.5 Å². The Morgan fingerprint density at radius 3 is 2.80 bits per heavy atom. The molecular weight excluding hydrogens is 316 g/mol. The molecule has 0 saturated carbocycles. The molecule has 130 valence electrons. The molecule has 1 fully saturated rings. The zero-order valence-electron chi connectivity index (χ0n) is 14.3. The number of aromatic amines is 1. The molecule has 3 heterocycles. The summed E-state index contributed by atoms with van der Waals surface area (Å²) in [6.45, 7) is 5.03. The van der Waals surface area contributed by atoms with Crippen LogP contribution in [0.15, 0.2) is 36.5 Å². The van der Waals surface area contributed by atoms with Crippen LogP contribution < -0.4 is 0 Å². The maximum atomic E-state index is 11.0. The number of hydrogen-bond acceptors (Lipinski definition) is 3. The first kappa shape index (κ1) is 15.9. The second-order valence-electron chi connectivity index (χ2n) is 6.82. The number of carboxylic acid groups (broad SMARTS) is 1. The van der Waals surface area contributed by atoms with Crippen LogP contribution in [-0.2, 0) is 6.54 Å². The fraction of sp³-hybridized carbons (Fsp3) is 0.368. The van der Waals surface area contributed by atoms with E-state index < -0.39 is 5.97 Å². The molecule has 0 atom stereocenters. The highest BCUT2D eigenvalue weighted by atomic mass is 16.4. The highest BCUT2D eigenvalue weighted by Gasteiger charge is 2.22. The summed E-state index contributed by atoms with van der Waals surface area (Å²) in [4.78, 5) is 16.9. The van der Waals surface area contributed by atoms with E-state index in [0.717, 1.165) is 32.5 Å². The largest absolute Gasteiger partial charge is 0.476 e. The smallest absolute Gasteiger partial charge is 0.356 e. The maximum absolute atomic E-state index is 11.0. The lowest BCUT2D eigenvalue weighted by atomic mass is 10.1. The SMILES string of the molecule is Cc1cccc2[nH]c(CN3CCC(n4ccc(C(=O)O)n4)CC3)cc12. The van der Waals surface area contributed by atoms with E-state index in [1.807, 2.05) is 4.68 Å². The van der Waals surface area contributed by atoms with Crippen LogP contribution in [0.5, 0.6) is 0 Å². The van der Waals surface area contributed by atoms with E-state index in [4.69, 9.17) is 5.11 Å². The highest BCUT2D eigenvalue weighted by molar-refractivity contribution is 5.85. The predicted molar refractivity (Wildman–Crippen MR) is 95.8 cm³/mol. The number of aromatic nitrogens is 3. The molecule has 6 nitrogen and oxygen atoms in total. The Kier molecular flexibility index (Phi) is 4.05. The minimum atomic E-state index is -0.967. The van der Waals surface area contributed by atoms with Gasteiger partial charge in [-0.1, -0.05) is 12.1 Å². The van der Waals surface area contributed by atoms with E-state index in [9.17, 15) is 4.79 Å². The first-order valence-electron chi connectivity index (χ1n) is 8.68. The third kappa shape index (κ3) is 3.17. The van der Waals surface area contributed by atoms with Gasteiger partial charge in [0.2, 0.25) is 0 Å². The molecule has 0 radical (unpaired) electrons. The van der Waals surface area contributed by atoms with E-state index >= 15 is 0 Å². The number of rotatable bonds is 4. The lowest BCUT2D eigenvalue weighted by molar-refractivity contribution is 0.0688. The van der Waals surface area contributed by atoms with Gasteiger partial charge in [0.25, 0.3) is 0 Å². The highest BCUT2D eigenvalue weighted by Crippen LogP contribution is 2.25. The monoisotopic (exact) mass is 338 g/mol. The van der Waals surface area contributed by atoms with Crippen molar-refractivity contribution in [2.24, 2.45) is 0 Å². The number of carboxylic acids is 1. The Morgan fingerprint density at radius 2 is 2.12 bits per heavy atom. The first-order chi connectivity index (χ1) is 12.1. The van der Waals surface area contributed by atoms with E-state index in [1.165, 1.54) is 22.2 Å². The van der Waals surface area contributed by atoms with Crippen LogP contribution in [0.2, 0.25) is 0 Å². The van der Waals surface area contributed by atoms with Crippen molar-refractivity contribution < 1.29 is 9.90 Å². The van der Waals surface area contributed by atoms with Crippen LogP contribution in [0.25, 0.3) is 10.9 Å². The summed E-state index contributed by atoms with van der Waals surface area (Å²) in [6, 6.07) is 10.5. The van der Waals surface area contributed by atoms with Gasteiger partial charge in [0.1, 0.15) is 0 Å². The quantitative estimate of drug-likeness (QED) is 0.766. The van der Waals surface area contributed by atoms with Gasteiger partial charge in [0.05, 0.1) is 6.04 Å². The summed E-state index contributed by atoms with van der Waals surface area (Å²) in [5.41, 5.74) is 3.86. The Labute approximate surface area is 146 Å². The molecule has 4 rings (SSSR count). The molecule has 1 aromatic carbocycles. The number of nitrogens with zero attached hydrogens (tertiary/aromatic N) is 3. The summed E-state index contributed by atoms with van der Waals surface area (Å²) in [5, 5.41) is 14.5. The topological polar surface area (TPSA) is 74.2 Å². The van der Waals surface area contributed by atoms with Crippen molar-refractivity contribution in [3.05, 3.63) is 53.5 Å². The number of fused-ring (bicyclic) bond motifs is 1. The van der Waals surface area contributed by atoms with Crippen LogP contribution in [0.1, 0.15) is 40.6 Å². The Balaban J connectivity index is 1.39. The van der Waals surface area contributed by atoms with Gasteiger partial charge >= 0.3 is 5.97 Å². The second-order valence-corrected chi connectivity index (χ2v) is 6.82. The van der Waals surface area contributed by atoms with Crippen molar-refractivity contribution in [2.45, 2.75) is 32.4 Å². The molecule has 0 unspecified atom stereocenters. The van der Waals surface area contributed by atoms with Crippen molar-refractivity contribution in [3.63, 3.8) is 0 Å². The fourth-order valence-corrected chi connectivity index (χ4v) is 3.69. The number of carbonyl (C=O) groups is 1. The maximum Gasteiger partial charge on any atom is 0.356 e. The van der Waals surface area contributed by atoms with Crippen molar-refractivity contribution in [1.82, 2.24) is 19.7 Å². The minimum absolute atomic E-state index is 0.121. The molecule has 0 amide bonds. The van der Waals surface area contributed by atoms with Crippen LogP contribution in [0, 0.1) is 6.92 Å². The van der Waals surface area contributed by atoms with E-state index in [1.54, 1.807) is 12.3 Å². The van der Waals surface area contributed by atoms with Crippen LogP contribution in [0.4, 0.5) is 0 Å². The third-order valence-corrected chi connectivity index (χ3v) is 5.09. The number of aromatic carboxylic acids is 1.